The maximum Gasteiger partial charge on any atom is 0.123 e. The van der Waals surface area contributed by atoms with Crippen LogP contribution in [0.3, 0.4) is 0 Å². The van der Waals surface area contributed by atoms with Crippen molar-refractivity contribution in [1.82, 2.24) is 5.32 Å². The van der Waals surface area contributed by atoms with Crippen molar-refractivity contribution in [3.05, 3.63) is 47.8 Å². The molecule has 0 aliphatic rings. The van der Waals surface area contributed by atoms with Crippen molar-refractivity contribution in [3.8, 4) is 0 Å². The Morgan fingerprint density at radius 2 is 2.23 bits per heavy atom. The van der Waals surface area contributed by atoms with Gasteiger partial charge in [0.1, 0.15) is 5.82 Å². The van der Waals surface area contributed by atoms with Crippen molar-refractivity contribution in [2.24, 2.45) is 0 Å². The minimum atomic E-state index is -0.209. The van der Waals surface area contributed by atoms with E-state index in [1.165, 1.54) is 12.1 Å². The van der Waals surface area contributed by atoms with E-state index in [4.69, 9.17) is 0 Å². The quantitative estimate of drug-likeness (QED) is 0.703. The highest BCUT2D eigenvalue weighted by Crippen LogP contribution is 2.19. The molecule has 0 saturated heterocycles. The van der Waals surface area contributed by atoms with Crippen LogP contribution in [0.5, 0.6) is 0 Å². The van der Waals surface area contributed by atoms with Gasteiger partial charge in [0.25, 0.3) is 0 Å². The van der Waals surface area contributed by atoms with Crippen LogP contribution < -0.4 is 5.32 Å². The maximum absolute atomic E-state index is 12.9. The molecule has 1 aromatic rings. The molecule has 0 aliphatic heterocycles. The van der Waals surface area contributed by atoms with Gasteiger partial charge in [0.15, 0.2) is 0 Å². The monoisotopic (exact) mass is 179 g/mol. The summed E-state index contributed by atoms with van der Waals surface area (Å²) in [6, 6.07) is 6.59. The van der Waals surface area contributed by atoms with E-state index in [0.29, 0.717) is 0 Å². The number of nitrogens with one attached hydrogen (secondary N) is 1. The molecule has 1 atom stereocenters. The highest BCUT2D eigenvalue weighted by Gasteiger charge is 2.09. The summed E-state index contributed by atoms with van der Waals surface area (Å²) in [7, 11) is 1.84. The lowest BCUT2D eigenvalue weighted by molar-refractivity contribution is 0.615. The second-order valence-corrected chi connectivity index (χ2v) is 3.12. The van der Waals surface area contributed by atoms with Crippen LogP contribution in [-0.2, 0) is 0 Å². The molecule has 0 fully saturated rings. The van der Waals surface area contributed by atoms with Gasteiger partial charge in [-0.05, 0) is 31.7 Å². The highest BCUT2D eigenvalue weighted by molar-refractivity contribution is 5.26. The minimum absolute atomic E-state index is 0.0377. The van der Waals surface area contributed by atoms with Crippen LogP contribution in [0, 0.1) is 5.82 Å². The standard InChI is InChI=1S/C11H14FN/c1-8(2)11(13-3)9-5-4-6-10(12)7-9/h4-7,11,13H,1H2,2-3H3. The molecule has 1 aromatic carbocycles. The molecule has 0 spiro atoms. The number of likely N-dealkylation sites (N-methyl/N-ethyl adjacent to an activating group) is 1. The van der Waals surface area contributed by atoms with E-state index in [1.807, 2.05) is 20.0 Å². The molecule has 1 unspecified atom stereocenters. The van der Waals surface area contributed by atoms with Crippen LogP contribution in [0.2, 0.25) is 0 Å². The zero-order valence-electron chi connectivity index (χ0n) is 7.97. The lowest BCUT2D eigenvalue weighted by atomic mass is 10.0. The minimum Gasteiger partial charge on any atom is -0.310 e. The summed E-state index contributed by atoms with van der Waals surface area (Å²) in [5.74, 6) is -0.209. The van der Waals surface area contributed by atoms with E-state index in [-0.39, 0.29) is 11.9 Å². The fourth-order valence-electron chi connectivity index (χ4n) is 1.38. The predicted molar refractivity (Wildman–Crippen MR) is 53.0 cm³/mol. The van der Waals surface area contributed by atoms with Crippen molar-refractivity contribution in [2.75, 3.05) is 7.05 Å². The first kappa shape index (κ1) is 9.93. The van der Waals surface area contributed by atoms with Gasteiger partial charge in [-0.3, -0.25) is 0 Å². The second-order valence-electron chi connectivity index (χ2n) is 3.12. The van der Waals surface area contributed by atoms with Gasteiger partial charge in [-0.15, -0.1) is 0 Å². The van der Waals surface area contributed by atoms with Crippen LogP contribution in [0.25, 0.3) is 0 Å². The summed E-state index contributed by atoms with van der Waals surface area (Å²) in [6.07, 6.45) is 0. The Balaban J connectivity index is 2.98. The fourth-order valence-corrected chi connectivity index (χ4v) is 1.38. The summed E-state index contributed by atoms with van der Waals surface area (Å²) >= 11 is 0. The summed E-state index contributed by atoms with van der Waals surface area (Å²) in [4.78, 5) is 0. The van der Waals surface area contributed by atoms with Crippen molar-refractivity contribution in [2.45, 2.75) is 13.0 Å². The molecule has 0 saturated carbocycles. The van der Waals surface area contributed by atoms with Gasteiger partial charge in [0.2, 0.25) is 0 Å². The molecule has 0 aliphatic carbocycles. The molecule has 13 heavy (non-hydrogen) atoms. The van der Waals surface area contributed by atoms with Gasteiger partial charge < -0.3 is 5.32 Å². The third-order valence-electron chi connectivity index (χ3n) is 1.96. The first-order valence-electron chi connectivity index (χ1n) is 4.23. The first-order valence-corrected chi connectivity index (χ1v) is 4.23. The summed E-state index contributed by atoms with van der Waals surface area (Å²) < 4.78 is 12.9. The van der Waals surface area contributed by atoms with E-state index in [9.17, 15) is 4.39 Å². The number of hydrogen-bond acceptors (Lipinski definition) is 1. The predicted octanol–water partition coefficient (Wildman–Crippen LogP) is 2.66. The van der Waals surface area contributed by atoms with Crippen molar-refractivity contribution in [3.63, 3.8) is 0 Å². The van der Waals surface area contributed by atoms with Gasteiger partial charge in [0, 0.05) is 0 Å². The zero-order chi connectivity index (χ0) is 9.84. The van der Waals surface area contributed by atoms with Gasteiger partial charge in [0.05, 0.1) is 6.04 Å². The third-order valence-corrected chi connectivity index (χ3v) is 1.96. The summed E-state index contributed by atoms with van der Waals surface area (Å²) in [5.41, 5.74) is 1.89. The van der Waals surface area contributed by atoms with Crippen LogP contribution in [-0.4, -0.2) is 7.05 Å². The van der Waals surface area contributed by atoms with Gasteiger partial charge in [-0.1, -0.05) is 24.3 Å². The van der Waals surface area contributed by atoms with Gasteiger partial charge in [-0.25, -0.2) is 4.39 Å². The van der Waals surface area contributed by atoms with E-state index >= 15 is 0 Å². The van der Waals surface area contributed by atoms with Crippen molar-refractivity contribution in [1.29, 1.82) is 0 Å². The van der Waals surface area contributed by atoms with Crippen LogP contribution in [0.1, 0.15) is 18.5 Å². The number of halogens is 1. The van der Waals surface area contributed by atoms with Crippen LogP contribution >= 0.6 is 0 Å². The molecule has 1 N–H and O–H groups in total. The van der Waals surface area contributed by atoms with Crippen LogP contribution in [0.4, 0.5) is 4.39 Å². The first-order chi connectivity index (χ1) is 6.15. The smallest absolute Gasteiger partial charge is 0.123 e. The molecule has 0 heterocycles. The third kappa shape index (κ3) is 2.39. The Bertz CT molecular complexity index is 307. The van der Waals surface area contributed by atoms with Crippen LogP contribution in [0.15, 0.2) is 36.4 Å². The Hall–Kier alpha value is -1.15. The molecule has 1 nitrogen and oxygen atoms in total. The van der Waals surface area contributed by atoms with E-state index < -0.39 is 0 Å². The molecule has 70 valence electrons. The largest absolute Gasteiger partial charge is 0.310 e. The number of rotatable bonds is 3. The average Bonchev–Trinajstić information content (AvgIpc) is 2.04. The van der Waals surface area contributed by atoms with Crippen molar-refractivity contribution < 1.29 is 4.39 Å². The zero-order valence-corrected chi connectivity index (χ0v) is 7.97. The van der Waals surface area contributed by atoms with E-state index in [0.717, 1.165) is 11.1 Å². The average molecular weight is 179 g/mol. The van der Waals surface area contributed by atoms with E-state index in [1.54, 1.807) is 6.07 Å². The molecule has 1 rings (SSSR count). The number of benzene rings is 1. The summed E-state index contributed by atoms with van der Waals surface area (Å²) in [6.45, 7) is 5.77. The SMILES string of the molecule is C=C(C)C(NC)c1cccc(F)c1. The molecular weight excluding hydrogens is 165 g/mol. The Morgan fingerprint density at radius 1 is 1.54 bits per heavy atom. The second kappa shape index (κ2) is 4.19. The molecule has 0 amide bonds. The molecule has 0 radical (unpaired) electrons. The lowest BCUT2D eigenvalue weighted by Gasteiger charge is -2.16. The molecular formula is C11H14FN. The molecule has 0 bridgehead atoms. The molecule has 0 aromatic heterocycles. The summed E-state index contributed by atoms with van der Waals surface area (Å²) in [5, 5.41) is 3.08. The topological polar surface area (TPSA) is 12.0 Å². The maximum atomic E-state index is 12.9. The normalized spacial score (nSPS) is 12.5. The van der Waals surface area contributed by atoms with Gasteiger partial charge in [-0.2, -0.15) is 0 Å². The fraction of sp³-hybridized carbons (Fsp3) is 0.273. The highest BCUT2D eigenvalue weighted by atomic mass is 19.1. The van der Waals surface area contributed by atoms with Crippen molar-refractivity contribution >= 4 is 0 Å². The Kier molecular flexibility index (Phi) is 3.20. The molecule has 2 heteroatoms. The lowest BCUT2D eigenvalue weighted by Crippen LogP contribution is -2.16. The Morgan fingerprint density at radius 3 is 2.69 bits per heavy atom. The Labute approximate surface area is 78.3 Å². The van der Waals surface area contributed by atoms with E-state index in [2.05, 4.69) is 11.9 Å². The number of hydrogen-bond donors (Lipinski definition) is 1. The van der Waals surface area contributed by atoms with Gasteiger partial charge >= 0.3 is 0 Å².